The van der Waals surface area contributed by atoms with E-state index in [1.54, 1.807) is 4.68 Å². The van der Waals surface area contributed by atoms with Gasteiger partial charge in [-0.15, -0.1) is 0 Å². The highest BCUT2D eigenvalue weighted by Crippen LogP contribution is 2.23. The first-order chi connectivity index (χ1) is 8.54. The second kappa shape index (κ2) is 5.38. The van der Waals surface area contributed by atoms with E-state index in [0.29, 0.717) is 32.0 Å². The molecule has 0 radical (unpaired) electrons. The third kappa shape index (κ3) is 2.73. The van der Waals surface area contributed by atoms with Gasteiger partial charge in [-0.1, -0.05) is 6.92 Å². The first-order valence-corrected chi connectivity index (χ1v) is 7.61. The Hall–Kier alpha value is -0.920. The fourth-order valence-electron chi connectivity index (χ4n) is 2.09. The lowest BCUT2D eigenvalue weighted by atomic mass is 10.2. The minimum Gasteiger partial charge on any atom is -0.396 e. The minimum absolute atomic E-state index is 0.0750. The molecule has 0 amide bonds. The lowest BCUT2D eigenvalue weighted by molar-refractivity contribution is 0.277. The Morgan fingerprint density at radius 3 is 2.94 bits per heavy atom. The smallest absolute Gasteiger partial charge is 0.246 e. The Bertz CT molecular complexity index is 497. The van der Waals surface area contributed by atoms with Crippen LogP contribution in [0.15, 0.2) is 17.3 Å². The van der Waals surface area contributed by atoms with Crippen molar-refractivity contribution in [2.45, 2.75) is 31.2 Å². The summed E-state index contributed by atoms with van der Waals surface area (Å²) in [6, 6.07) is 0. The van der Waals surface area contributed by atoms with Crippen LogP contribution in [0.4, 0.5) is 0 Å². The normalized spacial score (nSPS) is 21.6. The van der Waals surface area contributed by atoms with Crippen molar-refractivity contribution in [3.63, 3.8) is 0 Å². The first-order valence-electron chi connectivity index (χ1n) is 6.17. The number of hydrogen-bond acceptors (Lipinski definition) is 4. The number of aliphatic hydroxyl groups is 1. The van der Waals surface area contributed by atoms with Gasteiger partial charge in [-0.25, -0.2) is 8.42 Å². The van der Waals surface area contributed by atoms with E-state index in [2.05, 4.69) is 12.0 Å². The number of aliphatic hydroxyl groups excluding tert-OH is 1. The van der Waals surface area contributed by atoms with Crippen LogP contribution in [0.1, 0.15) is 19.8 Å². The van der Waals surface area contributed by atoms with Crippen molar-refractivity contribution in [1.82, 2.24) is 14.1 Å². The zero-order chi connectivity index (χ0) is 13.2. The van der Waals surface area contributed by atoms with E-state index in [-0.39, 0.29) is 11.5 Å². The molecule has 6 nitrogen and oxygen atoms in total. The number of sulfonamides is 1. The fourth-order valence-corrected chi connectivity index (χ4v) is 3.62. The molecule has 1 aliphatic heterocycles. The highest BCUT2D eigenvalue weighted by atomic mass is 32.2. The highest BCUT2D eigenvalue weighted by molar-refractivity contribution is 7.89. The van der Waals surface area contributed by atoms with E-state index in [1.807, 2.05) is 0 Å². The van der Waals surface area contributed by atoms with Gasteiger partial charge in [0.05, 0.1) is 6.20 Å². The largest absolute Gasteiger partial charge is 0.396 e. The zero-order valence-corrected chi connectivity index (χ0v) is 11.3. The molecule has 7 heteroatoms. The summed E-state index contributed by atoms with van der Waals surface area (Å²) >= 11 is 0. The molecule has 0 bridgehead atoms. The van der Waals surface area contributed by atoms with Gasteiger partial charge in [0.2, 0.25) is 10.0 Å². The zero-order valence-electron chi connectivity index (χ0n) is 10.5. The topological polar surface area (TPSA) is 75.4 Å². The van der Waals surface area contributed by atoms with Crippen LogP contribution >= 0.6 is 0 Å². The predicted molar refractivity (Wildman–Crippen MR) is 66.5 cm³/mol. The summed E-state index contributed by atoms with van der Waals surface area (Å²) in [4.78, 5) is 0.245. The van der Waals surface area contributed by atoms with Crippen LogP contribution in [-0.4, -0.2) is 47.3 Å². The molecular formula is C11H19N3O3S. The molecule has 1 unspecified atom stereocenters. The summed E-state index contributed by atoms with van der Waals surface area (Å²) < 4.78 is 27.7. The van der Waals surface area contributed by atoms with Gasteiger partial charge in [0.1, 0.15) is 4.90 Å². The van der Waals surface area contributed by atoms with E-state index < -0.39 is 10.0 Å². The van der Waals surface area contributed by atoms with E-state index in [4.69, 9.17) is 5.11 Å². The van der Waals surface area contributed by atoms with Crippen molar-refractivity contribution >= 4 is 10.0 Å². The van der Waals surface area contributed by atoms with Crippen molar-refractivity contribution < 1.29 is 13.5 Å². The molecule has 1 N–H and O–H groups in total. The summed E-state index contributed by atoms with van der Waals surface area (Å²) in [5.74, 6) is 0.421. The minimum atomic E-state index is -3.39. The maximum atomic E-state index is 12.3. The van der Waals surface area contributed by atoms with E-state index in [9.17, 15) is 8.42 Å². The van der Waals surface area contributed by atoms with E-state index in [0.717, 1.165) is 6.42 Å². The third-order valence-electron chi connectivity index (χ3n) is 3.18. The van der Waals surface area contributed by atoms with Crippen molar-refractivity contribution in [1.29, 1.82) is 0 Å². The maximum absolute atomic E-state index is 12.3. The summed E-state index contributed by atoms with van der Waals surface area (Å²) in [5.41, 5.74) is 0. The van der Waals surface area contributed by atoms with Gasteiger partial charge >= 0.3 is 0 Å². The SMILES string of the molecule is CC1CCN(S(=O)(=O)c2cnn(CCCO)c2)C1. The summed E-state index contributed by atoms with van der Waals surface area (Å²) in [6.07, 6.45) is 4.41. The van der Waals surface area contributed by atoms with E-state index >= 15 is 0 Å². The molecule has 1 aromatic heterocycles. The summed E-state index contributed by atoms with van der Waals surface area (Å²) in [5, 5.41) is 12.7. The second-order valence-corrected chi connectivity index (χ2v) is 6.71. The summed E-state index contributed by atoms with van der Waals surface area (Å²) in [7, 11) is -3.39. The van der Waals surface area contributed by atoms with Crippen LogP contribution < -0.4 is 0 Å². The van der Waals surface area contributed by atoms with Crippen molar-refractivity contribution in [2.24, 2.45) is 5.92 Å². The molecule has 1 atom stereocenters. The standard InChI is InChI=1S/C11H19N3O3S/c1-10-3-5-14(8-10)18(16,17)11-7-12-13(9-11)4-2-6-15/h7,9-10,15H,2-6,8H2,1H3. The average Bonchev–Trinajstić information content (AvgIpc) is 2.95. The van der Waals surface area contributed by atoms with Crippen LogP contribution in [0.3, 0.4) is 0 Å². The van der Waals surface area contributed by atoms with Crippen molar-refractivity contribution in [3.8, 4) is 0 Å². The van der Waals surface area contributed by atoms with Gasteiger partial charge in [0, 0.05) is 32.4 Å². The molecule has 102 valence electrons. The average molecular weight is 273 g/mol. The predicted octanol–water partition coefficient (Wildman–Crippen LogP) is 0.296. The molecular weight excluding hydrogens is 254 g/mol. The second-order valence-electron chi connectivity index (χ2n) is 4.77. The van der Waals surface area contributed by atoms with Crippen molar-refractivity contribution in [3.05, 3.63) is 12.4 Å². The molecule has 1 fully saturated rings. The molecule has 18 heavy (non-hydrogen) atoms. The van der Waals surface area contributed by atoms with Crippen LogP contribution in [0.5, 0.6) is 0 Å². The molecule has 0 aromatic carbocycles. The van der Waals surface area contributed by atoms with Gasteiger partial charge in [-0.2, -0.15) is 9.40 Å². The molecule has 2 rings (SSSR count). The van der Waals surface area contributed by atoms with Gasteiger partial charge in [0.15, 0.2) is 0 Å². The number of hydrogen-bond donors (Lipinski definition) is 1. The van der Waals surface area contributed by atoms with Crippen molar-refractivity contribution in [2.75, 3.05) is 19.7 Å². The Kier molecular flexibility index (Phi) is 4.04. The summed E-state index contributed by atoms with van der Waals surface area (Å²) in [6.45, 7) is 3.84. The van der Waals surface area contributed by atoms with Gasteiger partial charge in [-0.3, -0.25) is 4.68 Å². The molecule has 1 saturated heterocycles. The third-order valence-corrected chi connectivity index (χ3v) is 5.00. The molecule has 1 aliphatic rings. The molecule has 0 aliphatic carbocycles. The van der Waals surface area contributed by atoms with Gasteiger partial charge < -0.3 is 5.11 Å². The van der Waals surface area contributed by atoms with Crippen LogP contribution in [-0.2, 0) is 16.6 Å². The number of nitrogens with zero attached hydrogens (tertiary/aromatic N) is 3. The van der Waals surface area contributed by atoms with Crippen LogP contribution in [0.2, 0.25) is 0 Å². The maximum Gasteiger partial charge on any atom is 0.246 e. The first kappa shape index (κ1) is 13.5. The van der Waals surface area contributed by atoms with Crippen LogP contribution in [0.25, 0.3) is 0 Å². The number of aromatic nitrogens is 2. The lowest BCUT2D eigenvalue weighted by Crippen LogP contribution is -2.28. The molecule has 2 heterocycles. The fraction of sp³-hybridized carbons (Fsp3) is 0.727. The van der Waals surface area contributed by atoms with Crippen LogP contribution in [0, 0.1) is 5.92 Å². The van der Waals surface area contributed by atoms with Gasteiger partial charge in [-0.05, 0) is 18.8 Å². The molecule has 0 saturated carbocycles. The quantitative estimate of drug-likeness (QED) is 0.837. The lowest BCUT2D eigenvalue weighted by Gasteiger charge is -2.14. The monoisotopic (exact) mass is 273 g/mol. The Morgan fingerprint density at radius 1 is 1.56 bits per heavy atom. The number of rotatable bonds is 5. The Balaban J connectivity index is 2.12. The highest BCUT2D eigenvalue weighted by Gasteiger charge is 2.31. The Morgan fingerprint density at radius 2 is 2.33 bits per heavy atom. The molecule has 0 spiro atoms. The molecule has 1 aromatic rings. The number of aryl methyl sites for hydroxylation is 1. The Labute approximate surface area is 107 Å². The van der Waals surface area contributed by atoms with Gasteiger partial charge in [0.25, 0.3) is 0 Å². The van der Waals surface area contributed by atoms with E-state index in [1.165, 1.54) is 16.7 Å².